The number of ether oxygens (including phenoxy) is 1. The SMILES string of the molecule is CCOC1(C(=O)Nc2ccc3oc(C(=O)O)cc3c2)CCCC1. The Labute approximate surface area is 133 Å². The summed E-state index contributed by atoms with van der Waals surface area (Å²) in [6.45, 7) is 2.38. The molecule has 1 saturated carbocycles. The summed E-state index contributed by atoms with van der Waals surface area (Å²) in [6.07, 6.45) is 3.42. The summed E-state index contributed by atoms with van der Waals surface area (Å²) in [5, 5.41) is 12.5. The first-order chi connectivity index (χ1) is 11.0. The number of hydrogen-bond donors (Lipinski definition) is 2. The molecule has 1 amide bonds. The van der Waals surface area contributed by atoms with Crippen LogP contribution < -0.4 is 5.32 Å². The zero-order valence-corrected chi connectivity index (χ0v) is 12.9. The number of benzene rings is 1. The predicted octanol–water partition coefficient (Wildman–Crippen LogP) is 3.42. The van der Waals surface area contributed by atoms with Crippen LogP contribution in [0.2, 0.25) is 0 Å². The van der Waals surface area contributed by atoms with Crippen LogP contribution in [0.1, 0.15) is 43.2 Å². The molecule has 3 rings (SSSR count). The smallest absolute Gasteiger partial charge is 0.371 e. The number of amides is 1. The highest BCUT2D eigenvalue weighted by Gasteiger charge is 2.41. The van der Waals surface area contributed by atoms with Gasteiger partial charge in [0.05, 0.1) is 0 Å². The van der Waals surface area contributed by atoms with Crippen molar-refractivity contribution in [3.05, 3.63) is 30.0 Å². The number of carboxylic acids is 1. The Balaban J connectivity index is 1.83. The van der Waals surface area contributed by atoms with Crippen LogP contribution in [0.15, 0.2) is 28.7 Å². The summed E-state index contributed by atoms with van der Waals surface area (Å²) in [5.41, 5.74) is 0.332. The molecule has 1 fully saturated rings. The Morgan fingerprint density at radius 3 is 2.70 bits per heavy atom. The molecule has 1 aromatic carbocycles. The second-order valence-corrected chi connectivity index (χ2v) is 5.76. The molecule has 122 valence electrons. The minimum absolute atomic E-state index is 0.120. The van der Waals surface area contributed by atoms with Crippen LogP contribution in [-0.2, 0) is 9.53 Å². The van der Waals surface area contributed by atoms with Crippen molar-refractivity contribution in [2.45, 2.75) is 38.2 Å². The molecule has 1 heterocycles. The molecule has 0 saturated heterocycles. The van der Waals surface area contributed by atoms with Crippen LogP contribution in [0.5, 0.6) is 0 Å². The minimum atomic E-state index is -1.12. The molecular formula is C17H19NO5. The van der Waals surface area contributed by atoms with E-state index in [4.69, 9.17) is 14.3 Å². The highest BCUT2D eigenvalue weighted by molar-refractivity contribution is 5.99. The van der Waals surface area contributed by atoms with Crippen molar-refractivity contribution in [3.63, 3.8) is 0 Å². The molecule has 2 aromatic rings. The van der Waals surface area contributed by atoms with Gasteiger partial charge in [-0.05, 0) is 56.9 Å². The molecule has 23 heavy (non-hydrogen) atoms. The lowest BCUT2D eigenvalue weighted by atomic mass is 10.0. The molecule has 0 unspecified atom stereocenters. The largest absolute Gasteiger partial charge is 0.475 e. The van der Waals surface area contributed by atoms with Crippen LogP contribution in [0, 0.1) is 0 Å². The molecule has 1 aromatic heterocycles. The van der Waals surface area contributed by atoms with Crippen molar-refractivity contribution in [3.8, 4) is 0 Å². The summed E-state index contributed by atoms with van der Waals surface area (Å²) in [5.74, 6) is -1.38. The molecular weight excluding hydrogens is 298 g/mol. The minimum Gasteiger partial charge on any atom is -0.475 e. The van der Waals surface area contributed by atoms with E-state index < -0.39 is 11.6 Å². The number of rotatable bonds is 5. The monoisotopic (exact) mass is 317 g/mol. The summed E-state index contributed by atoms with van der Waals surface area (Å²) < 4.78 is 10.9. The summed E-state index contributed by atoms with van der Waals surface area (Å²) in [4.78, 5) is 23.6. The fraction of sp³-hybridized carbons (Fsp3) is 0.412. The van der Waals surface area contributed by atoms with Crippen molar-refractivity contribution in [1.82, 2.24) is 0 Å². The van der Waals surface area contributed by atoms with Gasteiger partial charge < -0.3 is 19.6 Å². The molecule has 6 nitrogen and oxygen atoms in total. The van der Waals surface area contributed by atoms with E-state index in [0.717, 1.165) is 25.7 Å². The Morgan fingerprint density at radius 2 is 2.04 bits per heavy atom. The molecule has 2 N–H and O–H groups in total. The average Bonchev–Trinajstić information content (AvgIpc) is 3.14. The Kier molecular flexibility index (Phi) is 4.09. The Morgan fingerprint density at radius 1 is 1.30 bits per heavy atom. The lowest BCUT2D eigenvalue weighted by Crippen LogP contribution is -2.43. The number of carboxylic acid groups (broad SMARTS) is 1. The van der Waals surface area contributed by atoms with E-state index in [0.29, 0.717) is 23.3 Å². The first-order valence-electron chi connectivity index (χ1n) is 7.76. The Hall–Kier alpha value is -2.34. The van der Waals surface area contributed by atoms with Crippen molar-refractivity contribution in [1.29, 1.82) is 0 Å². The van der Waals surface area contributed by atoms with Crippen molar-refractivity contribution >= 4 is 28.5 Å². The van der Waals surface area contributed by atoms with Gasteiger partial charge in [0.25, 0.3) is 5.91 Å². The summed E-state index contributed by atoms with van der Waals surface area (Å²) in [7, 11) is 0. The molecule has 0 atom stereocenters. The van der Waals surface area contributed by atoms with Crippen LogP contribution in [0.25, 0.3) is 11.0 Å². The third kappa shape index (κ3) is 2.94. The van der Waals surface area contributed by atoms with Crippen molar-refractivity contribution in [2.75, 3.05) is 11.9 Å². The van der Waals surface area contributed by atoms with Crippen LogP contribution in [0.4, 0.5) is 5.69 Å². The number of carbonyl (C=O) groups is 2. The van der Waals surface area contributed by atoms with Crippen LogP contribution in [-0.4, -0.2) is 29.2 Å². The van der Waals surface area contributed by atoms with E-state index in [-0.39, 0.29) is 11.7 Å². The van der Waals surface area contributed by atoms with Crippen LogP contribution >= 0.6 is 0 Å². The number of fused-ring (bicyclic) bond motifs is 1. The quantitative estimate of drug-likeness (QED) is 0.882. The lowest BCUT2D eigenvalue weighted by Gasteiger charge is -2.27. The van der Waals surface area contributed by atoms with Gasteiger partial charge in [0.2, 0.25) is 5.76 Å². The van der Waals surface area contributed by atoms with Crippen LogP contribution in [0.3, 0.4) is 0 Å². The molecule has 1 aliphatic carbocycles. The van der Waals surface area contributed by atoms with Gasteiger partial charge in [-0.25, -0.2) is 4.79 Å². The van der Waals surface area contributed by atoms with E-state index >= 15 is 0 Å². The molecule has 0 aliphatic heterocycles. The second kappa shape index (κ2) is 6.04. The van der Waals surface area contributed by atoms with E-state index in [9.17, 15) is 9.59 Å². The molecule has 6 heteroatoms. The fourth-order valence-electron chi connectivity index (χ4n) is 3.13. The topological polar surface area (TPSA) is 88.8 Å². The van der Waals surface area contributed by atoms with Gasteiger partial charge in [0, 0.05) is 17.7 Å². The predicted molar refractivity (Wildman–Crippen MR) is 84.6 cm³/mol. The number of aromatic carboxylic acids is 1. The van der Waals surface area contributed by atoms with Gasteiger partial charge >= 0.3 is 5.97 Å². The number of anilines is 1. The van der Waals surface area contributed by atoms with Gasteiger partial charge in [-0.3, -0.25) is 4.79 Å². The molecule has 0 spiro atoms. The van der Waals surface area contributed by atoms with E-state index in [1.165, 1.54) is 6.07 Å². The van der Waals surface area contributed by atoms with Gasteiger partial charge in [-0.1, -0.05) is 0 Å². The second-order valence-electron chi connectivity index (χ2n) is 5.76. The van der Waals surface area contributed by atoms with Gasteiger partial charge in [0.15, 0.2) is 0 Å². The van der Waals surface area contributed by atoms with E-state index in [1.54, 1.807) is 18.2 Å². The first kappa shape index (κ1) is 15.6. The third-order valence-corrected chi connectivity index (χ3v) is 4.23. The number of carbonyl (C=O) groups excluding carboxylic acids is 1. The zero-order valence-electron chi connectivity index (χ0n) is 12.9. The summed E-state index contributed by atoms with van der Waals surface area (Å²) in [6, 6.07) is 6.50. The lowest BCUT2D eigenvalue weighted by molar-refractivity contribution is -0.140. The van der Waals surface area contributed by atoms with Crippen molar-refractivity contribution in [2.24, 2.45) is 0 Å². The van der Waals surface area contributed by atoms with E-state index in [2.05, 4.69) is 5.32 Å². The van der Waals surface area contributed by atoms with Crippen molar-refractivity contribution < 1.29 is 23.8 Å². The zero-order chi connectivity index (χ0) is 16.4. The standard InChI is InChI=1S/C17H19NO5/c1-2-22-17(7-3-4-8-17)16(21)18-12-5-6-13-11(9-12)10-14(23-13)15(19)20/h5-6,9-10H,2-4,7-8H2,1H3,(H,18,21)(H,19,20). The van der Waals surface area contributed by atoms with Gasteiger partial charge in [-0.15, -0.1) is 0 Å². The first-order valence-corrected chi connectivity index (χ1v) is 7.76. The van der Waals surface area contributed by atoms with Gasteiger partial charge in [0.1, 0.15) is 11.2 Å². The Bertz CT molecular complexity index is 743. The highest BCUT2D eigenvalue weighted by atomic mass is 16.5. The maximum Gasteiger partial charge on any atom is 0.371 e. The summed E-state index contributed by atoms with van der Waals surface area (Å²) >= 11 is 0. The molecule has 0 radical (unpaired) electrons. The normalized spacial score (nSPS) is 16.6. The van der Waals surface area contributed by atoms with Gasteiger partial charge in [-0.2, -0.15) is 0 Å². The third-order valence-electron chi connectivity index (χ3n) is 4.23. The maximum absolute atomic E-state index is 12.6. The number of furan rings is 1. The number of hydrogen-bond acceptors (Lipinski definition) is 4. The maximum atomic E-state index is 12.6. The average molecular weight is 317 g/mol. The molecule has 0 bridgehead atoms. The highest BCUT2D eigenvalue weighted by Crippen LogP contribution is 2.34. The van der Waals surface area contributed by atoms with E-state index in [1.807, 2.05) is 6.92 Å². The fourth-order valence-corrected chi connectivity index (χ4v) is 3.13. The molecule has 1 aliphatic rings. The number of nitrogens with one attached hydrogen (secondary N) is 1.